The van der Waals surface area contributed by atoms with Gasteiger partial charge in [-0.2, -0.15) is 8.78 Å². The zero-order valence-electron chi connectivity index (χ0n) is 19.9. The Kier molecular flexibility index (Phi) is 8.71. The van der Waals surface area contributed by atoms with Gasteiger partial charge < -0.3 is 9.53 Å². The van der Waals surface area contributed by atoms with Crippen LogP contribution in [0, 0.1) is 6.92 Å². The molecule has 0 radical (unpaired) electrons. The number of halogens is 2. The molecule has 0 saturated heterocycles. The molecule has 0 bridgehead atoms. The molecular formula is C29H31F2NO2S. The van der Waals surface area contributed by atoms with Crippen molar-refractivity contribution in [2.75, 3.05) is 6.61 Å². The molecule has 1 aliphatic rings. The third kappa shape index (κ3) is 6.78. The van der Waals surface area contributed by atoms with Crippen LogP contribution >= 0.6 is 11.9 Å². The zero-order valence-corrected chi connectivity index (χ0v) is 20.7. The van der Waals surface area contributed by atoms with Crippen LogP contribution < -0.4 is 4.72 Å². The summed E-state index contributed by atoms with van der Waals surface area (Å²) in [5.74, 6) is -3.35. The van der Waals surface area contributed by atoms with Crippen LogP contribution in [-0.2, 0) is 21.9 Å². The zero-order chi connectivity index (χ0) is 24.7. The van der Waals surface area contributed by atoms with Crippen LogP contribution in [0.15, 0.2) is 77.7 Å². The first-order chi connectivity index (χ1) is 17.0. The lowest BCUT2D eigenvalue weighted by molar-refractivity contribution is -0.119. The molecule has 4 rings (SSSR count). The van der Waals surface area contributed by atoms with E-state index in [-0.39, 0.29) is 11.8 Å². The van der Waals surface area contributed by atoms with Crippen molar-refractivity contribution >= 4 is 18.2 Å². The van der Waals surface area contributed by atoms with E-state index in [1.54, 1.807) is 12.1 Å². The molecule has 0 spiro atoms. The van der Waals surface area contributed by atoms with Gasteiger partial charge >= 0.3 is 0 Å². The molecule has 1 aliphatic carbocycles. The number of carbonyl (C=O) groups is 1. The number of ether oxygens (including phenoxy) is 1. The molecule has 1 unspecified atom stereocenters. The van der Waals surface area contributed by atoms with Crippen LogP contribution in [0.1, 0.15) is 42.4 Å². The number of aldehydes is 1. The predicted octanol–water partition coefficient (Wildman–Crippen LogP) is 7.12. The summed E-state index contributed by atoms with van der Waals surface area (Å²) in [5, 5.41) is 0. The Hall–Kier alpha value is -2.54. The third-order valence-electron chi connectivity index (χ3n) is 6.45. The lowest BCUT2D eigenvalue weighted by Gasteiger charge is -2.23. The Morgan fingerprint density at radius 2 is 1.57 bits per heavy atom. The highest BCUT2D eigenvalue weighted by atomic mass is 32.2. The highest BCUT2D eigenvalue weighted by Gasteiger charge is 2.41. The van der Waals surface area contributed by atoms with Crippen molar-refractivity contribution in [1.82, 2.24) is 4.72 Å². The minimum Gasteiger partial charge on any atom is -0.378 e. The molecule has 1 saturated carbocycles. The number of aryl methyl sites for hydroxylation is 1. The molecule has 1 N–H and O–H groups in total. The number of nitrogens with one attached hydrogen (secondary N) is 1. The van der Waals surface area contributed by atoms with E-state index in [2.05, 4.69) is 4.72 Å². The van der Waals surface area contributed by atoms with E-state index in [1.807, 2.05) is 55.5 Å². The lowest BCUT2D eigenvalue weighted by Crippen LogP contribution is -2.41. The molecule has 35 heavy (non-hydrogen) atoms. The van der Waals surface area contributed by atoms with Gasteiger partial charge in [0.05, 0.1) is 12.7 Å². The van der Waals surface area contributed by atoms with Crippen LogP contribution in [0.4, 0.5) is 8.78 Å². The van der Waals surface area contributed by atoms with Crippen LogP contribution in [0.5, 0.6) is 0 Å². The van der Waals surface area contributed by atoms with Gasteiger partial charge in [0.25, 0.3) is 5.92 Å². The molecule has 3 aromatic rings. The number of hydrogen-bond acceptors (Lipinski definition) is 4. The van der Waals surface area contributed by atoms with Gasteiger partial charge in [0.2, 0.25) is 0 Å². The van der Waals surface area contributed by atoms with Crippen LogP contribution in [0.2, 0.25) is 0 Å². The summed E-state index contributed by atoms with van der Waals surface area (Å²) in [6.07, 6.45) is 6.31. The number of alkyl halides is 2. The molecule has 0 aliphatic heterocycles. The topological polar surface area (TPSA) is 38.3 Å². The van der Waals surface area contributed by atoms with E-state index >= 15 is 8.78 Å². The smallest absolute Gasteiger partial charge is 0.295 e. The van der Waals surface area contributed by atoms with Gasteiger partial charge in [-0.15, -0.1) is 0 Å². The second-order valence-electron chi connectivity index (χ2n) is 9.07. The van der Waals surface area contributed by atoms with Gasteiger partial charge in [0.1, 0.15) is 12.3 Å². The minimum absolute atomic E-state index is 0.198. The van der Waals surface area contributed by atoms with E-state index in [0.29, 0.717) is 12.7 Å². The molecule has 1 atom stereocenters. The van der Waals surface area contributed by atoms with Gasteiger partial charge in [0, 0.05) is 10.5 Å². The van der Waals surface area contributed by atoms with Crippen molar-refractivity contribution in [3.05, 3.63) is 89.5 Å². The molecule has 1 fully saturated rings. The third-order valence-corrected chi connectivity index (χ3v) is 7.33. The first-order valence-electron chi connectivity index (χ1n) is 12.1. The standard InChI is InChI=1S/C29H31F2NO2S/c1-21-6-10-23(11-7-21)24-12-14-25(15-13-24)29(30,31)28(20-33)32-35-27-16-8-22(9-17-27)18-19-34-26-4-2-3-5-26/h6-17,20,26,28,32H,2-5,18-19H2,1H3. The molecule has 184 valence electrons. The van der Waals surface area contributed by atoms with Crippen molar-refractivity contribution in [3.63, 3.8) is 0 Å². The van der Waals surface area contributed by atoms with E-state index in [1.165, 1.54) is 25.0 Å². The second-order valence-corrected chi connectivity index (χ2v) is 9.98. The summed E-state index contributed by atoms with van der Waals surface area (Å²) in [7, 11) is 0. The first kappa shape index (κ1) is 25.5. The maximum atomic E-state index is 15.1. The Morgan fingerprint density at radius 3 is 2.17 bits per heavy atom. The summed E-state index contributed by atoms with van der Waals surface area (Å²) in [6, 6.07) is 20.0. The molecule has 0 heterocycles. The van der Waals surface area contributed by atoms with Gasteiger partial charge in [-0.25, -0.2) is 4.72 Å². The number of carbonyl (C=O) groups excluding carboxylic acids is 1. The maximum Gasteiger partial charge on any atom is 0.295 e. The van der Waals surface area contributed by atoms with Crippen molar-refractivity contribution in [2.24, 2.45) is 0 Å². The molecule has 0 aromatic heterocycles. The monoisotopic (exact) mass is 495 g/mol. The highest BCUT2D eigenvalue weighted by Crippen LogP contribution is 2.34. The van der Waals surface area contributed by atoms with Gasteiger partial charge in [-0.1, -0.05) is 79.1 Å². The van der Waals surface area contributed by atoms with E-state index in [0.717, 1.165) is 58.4 Å². The SMILES string of the molecule is Cc1ccc(-c2ccc(C(F)(F)C(C=O)NSc3ccc(CCOC4CCCC4)cc3)cc2)cc1. The summed E-state index contributed by atoms with van der Waals surface area (Å²) < 4.78 is 38.8. The average Bonchev–Trinajstić information content (AvgIpc) is 3.39. The lowest BCUT2D eigenvalue weighted by atomic mass is 9.98. The fourth-order valence-corrected chi connectivity index (χ4v) is 4.99. The fourth-order valence-electron chi connectivity index (χ4n) is 4.25. The van der Waals surface area contributed by atoms with E-state index in [9.17, 15) is 4.79 Å². The van der Waals surface area contributed by atoms with Crippen LogP contribution in [0.3, 0.4) is 0 Å². The quantitative estimate of drug-likeness (QED) is 0.227. The summed E-state index contributed by atoms with van der Waals surface area (Å²) in [4.78, 5) is 12.3. The second kappa shape index (κ2) is 11.9. The average molecular weight is 496 g/mol. The van der Waals surface area contributed by atoms with Crippen LogP contribution in [-0.4, -0.2) is 25.0 Å². The molecule has 3 nitrogen and oxygen atoms in total. The Morgan fingerprint density at radius 1 is 0.971 bits per heavy atom. The minimum atomic E-state index is -3.35. The van der Waals surface area contributed by atoms with E-state index < -0.39 is 12.0 Å². The predicted molar refractivity (Wildman–Crippen MR) is 138 cm³/mol. The van der Waals surface area contributed by atoms with Gasteiger partial charge in [-0.3, -0.25) is 0 Å². The first-order valence-corrected chi connectivity index (χ1v) is 12.9. The Balaban J connectivity index is 1.32. The highest BCUT2D eigenvalue weighted by molar-refractivity contribution is 7.97. The molecule has 0 amide bonds. The summed E-state index contributed by atoms with van der Waals surface area (Å²) in [5.41, 5.74) is 3.88. The normalized spacial score (nSPS) is 15.3. The molecule has 3 aromatic carbocycles. The van der Waals surface area contributed by atoms with Crippen molar-refractivity contribution < 1.29 is 18.3 Å². The van der Waals surface area contributed by atoms with Crippen molar-refractivity contribution in [2.45, 2.75) is 62.0 Å². The number of rotatable bonds is 11. The maximum absolute atomic E-state index is 15.1. The van der Waals surface area contributed by atoms with Crippen molar-refractivity contribution in [3.8, 4) is 11.1 Å². The summed E-state index contributed by atoms with van der Waals surface area (Å²) >= 11 is 1.04. The number of benzene rings is 3. The van der Waals surface area contributed by atoms with Gasteiger partial charge in [0.15, 0.2) is 0 Å². The van der Waals surface area contributed by atoms with Crippen molar-refractivity contribution in [1.29, 1.82) is 0 Å². The summed E-state index contributed by atoms with van der Waals surface area (Å²) in [6.45, 7) is 2.69. The largest absolute Gasteiger partial charge is 0.378 e. The Labute approximate surface area is 210 Å². The number of hydrogen-bond donors (Lipinski definition) is 1. The van der Waals surface area contributed by atoms with Gasteiger partial charge in [-0.05, 0) is 67.0 Å². The molecular weight excluding hydrogens is 464 g/mol. The van der Waals surface area contributed by atoms with Crippen LogP contribution in [0.25, 0.3) is 11.1 Å². The fraction of sp³-hybridized carbons (Fsp3) is 0.345. The van der Waals surface area contributed by atoms with E-state index in [4.69, 9.17) is 4.74 Å². The Bertz CT molecular complexity index is 1080. The molecule has 6 heteroatoms.